The highest BCUT2D eigenvalue weighted by molar-refractivity contribution is 7.98. The molecule has 27 heavy (non-hydrogen) atoms. The van der Waals surface area contributed by atoms with Crippen LogP contribution in [0.3, 0.4) is 0 Å². The number of rotatable bonds is 5. The van der Waals surface area contributed by atoms with Crippen LogP contribution in [0.2, 0.25) is 0 Å². The molecule has 0 unspecified atom stereocenters. The van der Waals surface area contributed by atoms with Gasteiger partial charge in [-0.15, -0.1) is 0 Å². The summed E-state index contributed by atoms with van der Waals surface area (Å²) in [6, 6.07) is 14.3. The summed E-state index contributed by atoms with van der Waals surface area (Å²) in [5.41, 5.74) is 2.63. The summed E-state index contributed by atoms with van der Waals surface area (Å²) in [4.78, 5) is 18.6. The largest absolute Gasteiger partial charge is 0.339 e. The Kier molecular flexibility index (Phi) is 5.11. The van der Waals surface area contributed by atoms with Crippen LogP contribution in [0.4, 0.5) is 8.78 Å². The fourth-order valence-electron chi connectivity index (χ4n) is 3.31. The number of likely N-dealkylation sites (tertiary alicyclic amines) is 1. The van der Waals surface area contributed by atoms with E-state index in [0.717, 1.165) is 36.1 Å². The van der Waals surface area contributed by atoms with Gasteiger partial charge in [-0.2, -0.15) is 8.78 Å². The Morgan fingerprint density at radius 2 is 1.78 bits per heavy atom. The predicted octanol–water partition coefficient (Wildman–Crippen LogP) is 4.96. The zero-order chi connectivity index (χ0) is 18.8. The molecule has 2 aromatic carbocycles. The van der Waals surface area contributed by atoms with E-state index in [1.54, 1.807) is 24.3 Å². The highest BCUT2D eigenvalue weighted by Crippen LogP contribution is 2.31. The quantitative estimate of drug-likeness (QED) is 0.581. The number of amides is 1. The molecule has 140 valence electrons. The molecule has 4 nitrogen and oxygen atoms in total. The predicted molar refractivity (Wildman–Crippen MR) is 102 cm³/mol. The van der Waals surface area contributed by atoms with E-state index in [1.807, 2.05) is 29.2 Å². The molecule has 4 rings (SSSR count). The van der Waals surface area contributed by atoms with Gasteiger partial charge < -0.3 is 4.90 Å². The lowest BCUT2D eigenvalue weighted by molar-refractivity contribution is 0.0656. The van der Waals surface area contributed by atoms with Crippen LogP contribution >= 0.6 is 11.8 Å². The molecule has 1 aliphatic rings. The molecule has 0 bridgehead atoms. The van der Waals surface area contributed by atoms with Crippen molar-refractivity contribution in [2.24, 2.45) is 0 Å². The lowest BCUT2D eigenvalue weighted by Gasteiger charge is -2.15. The van der Waals surface area contributed by atoms with Crippen molar-refractivity contribution >= 4 is 28.7 Å². The molecule has 7 heteroatoms. The molecule has 2 heterocycles. The number of hydrogen-bond acceptors (Lipinski definition) is 3. The van der Waals surface area contributed by atoms with Gasteiger partial charge >= 0.3 is 6.55 Å². The number of hydrogen-bond donors (Lipinski definition) is 0. The number of imidazole rings is 1. The van der Waals surface area contributed by atoms with Gasteiger partial charge in [-0.05, 0) is 42.7 Å². The zero-order valence-electron chi connectivity index (χ0n) is 14.6. The SMILES string of the molecule is O=C(c1ccc(CSc2nc3ccccc3n2C(F)F)cc1)N1CCCC1. The maximum absolute atomic E-state index is 13.5. The average Bonchev–Trinajstić information content (AvgIpc) is 3.33. The van der Waals surface area contributed by atoms with Crippen LogP contribution in [-0.4, -0.2) is 33.4 Å². The molecule has 0 N–H and O–H groups in total. The summed E-state index contributed by atoms with van der Waals surface area (Å²) < 4.78 is 27.9. The standard InChI is InChI=1S/C20H19F2N3OS/c21-19(22)25-17-6-2-1-5-16(17)23-20(25)27-13-14-7-9-15(10-8-14)18(26)24-11-3-4-12-24/h1-2,5-10,19H,3-4,11-13H2. The number of thioether (sulfide) groups is 1. The van der Waals surface area contributed by atoms with Crippen LogP contribution in [0.25, 0.3) is 11.0 Å². The Labute approximate surface area is 160 Å². The van der Waals surface area contributed by atoms with Gasteiger partial charge in [0.25, 0.3) is 5.91 Å². The van der Waals surface area contributed by atoms with E-state index >= 15 is 0 Å². The van der Waals surface area contributed by atoms with E-state index in [4.69, 9.17) is 0 Å². The van der Waals surface area contributed by atoms with Crippen LogP contribution in [0.1, 0.15) is 35.3 Å². The van der Waals surface area contributed by atoms with Gasteiger partial charge in [0, 0.05) is 24.4 Å². The van der Waals surface area contributed by atoms with Gasteiger partial charge in [-0.25, -0.2) is 4.98 Å². The number of nitrogens with zero attached hydrogens (tertiary/aromatic N) is 3. The molecule has 1 saturated heterocycles. The van der Waals surface area contributed by atoms with Crippen molar-refractivity contribution in [1.29, 1.82) is 0 Å². The second-order valence-corrected chi connectivity index (χ2v) is 7.46. The van der Waals surface area contributed by atoms with E-state index < -0.39 is 6.55 Å². The third-order valence-electron chi connectivity index (χ3n) is 4.72. The molecular formula is C20H19F2N3OS. The van der Waals surface area contributed by atoms with Gasteiger partial charge in [-0.1, -0.05) is 36.0 Å². The van der Waals surface area contributed by atoms with Crippen molar-refractivity contribution < 1.29 is 13.6 Å². The summed E-state index contributed by atoms with van der Waals surface area (Å²) in [7, 11) is 0. The van der Waals surface area contributed by atoms with Crippen LogP contribution in [0.5, 0.6) is 0 Å². The number of carbonyl (C=O) groups excluding carboxylic acids is 1. The second-order valence-electron chi connectivity index (χ2n) is 6.52. The first-order chi connectivity index (χ1) is 13.1. The molecule has 0 atom stereocenters. The minimum Gasteiger partial charge on any atom is -0.339 e. The molecule has 1 fully saturated rings. The van der Waals surface area contributed by atoms with Crippen molar-refractivity contribution in [2.75, 3.05) is 13.1 Å². The maximum atomic E-state index is 13.5. The molecule has 1 amide bonds. The second kappa shape index (κ2) is 7.68. The van der Waals surface area contributed by atoms with E-state index in [2.05, 4.69) is 4.98 Å². The third kappa shape index (κ3) is 3.69. The van der Waals surface area contributed by atoms with Crippen molar-refractivity contribution in [3.05, 3.63) is 59.7 Å². The normalized spacial score (nSPS) is 14.4. The van der Waals surface area contributed by atoms with Crippen molar-refractivity contribution in [1.82, 2.24) is 14.5 Å². The Morgan fingerprint density at radius 3 is 2.48 bits per heavy atom. The molecular weight excluding hydrogens is 368 g/mol. The lowest BCUT2D eigenvalue weighted by atomic mass is 10.1. The van der Waals surface area contributed by atoms with Gasteiger partial charge in [0.15, 0.2) is 5.16 Å². The maximum Gasteiger partial charge on any atom is 0.321 e. The van der Waals surface area contributed by atoms with Crippen molar-refractivity contribution in [3.63, 3.8) is 0 Å². The Morgan fingerprint density at radius 1 is 1.07 bits per heavy atom. The van der Waals surface area contributed by atoms with E-state index in [0.29, 0.717) is 27.5 Å². The summed E-state index contributed by atoms with van der Waals surface area (Å²) >= 11 is 1.27. The number of para-hydroxylation sites is 2. The first-order valence-electron chi connectivity index (χ1n) is 8.89. The number of carbonyl (C=O) groups is 1. The van der Waals surface area contributed by atoms with Gasteiger partial charge in [0.2, 0.25) is 0 Å². The number of fused-ring (bicyclic) bond motifs is 1. The number of halogens is 2. The third-order valence-corrected chi connectivity index (χ3v) is 5.74. The molecule has 0 aliphatic carbocycles. The minimum absolute atomic E-state index is 0.0613. The number of alkyl halides is 2. The first-order valence-corrected chi connectivity index (χ1v) is 9.88. The molecule has 3 aromatic rings. The fourth-order valence-corrected chi connectivity index (χ4v) is 4.28. The highest BCUT2D eigenvalue weighted by Gasteiger charge is 2.20. The molecule has 0 spiro atoms. The van der Waals surface area contributed by atoms with Crippen LogP contribution in [0, 0.1) is 0 Å². The van der Waals surface area contributed by atoms with Crippen LogP contribution in [0.15, 0.2) is 53.7 Å². The Balaban J connectivity index is 1.48. The fraction of sp³-hybridized carbons (Fsp3) is 0.300. The number of benzene rings is 2. The Bertz CT molecular complexity index is 950. The highest BCUT2D eigenvalue weighted by atomic mass is 32.2. The van der Waals surface area contributed by atoms with Gasteiger partial charge in [0.1, 0.15) is 0 Å². The smallest absolute Gasteiger partial charge is 0.321 e. The molecule has 1 aliphatic heterocycles. The molecule has 0 radical (unpaired) electrons. The van der Waals surface area contributed by atoms with E-state index in [9.17, 15) is 13.6 Å². The van der Waals surface area contributed by atoms with E-state index in [1.165, 1.54) is 11.8 Å². The minimum atomic E-state index is -2.64. The topological polar surface area (TPSA) is 38.1 Å². The first kappa shape index (κ1) is 18.0. The number of aromatic nitrogens is 2. The monoisotopic (exact) mass is 387 g/mol. The molecule has 0 saturated carbocycles. The van der Waals surface area contributed by atoms with Gasteiger partial charge in [0.05, 0.1) is 11.0 Å². The van der Waals surface area contributed by atoms with Crippen molar-refractivity contribution in [3.8, 4) is 0 Å². The summed E-state index contributed by atoms with van der Waals surface area (Å²) in [6.45, 7) is -0.999. The lowest BCUT2D eigenvalue weighted by Crippen LogP contribution is -2.27. The van der Waals surface area contributed by atoms with Gasteiger partial charge in [-0.3, -0.25) is 9.36 Å². The average molecular weight is 387 g/mol. The molecule has 1 aromatic heterocycles. The van der Waals surface area contributed by atoms with Crippen LogP contribution < -0.4 is 0 Å². The van der Waals surface area contributed by atoms with Crippen LogP contribution in [-0.2, 0) is 5.75 Å². The summed E-state index contributed by atoms with van der Waals surface area (Å²) in [5, 5.41) is 0.295. The Hall–Kier alpha value is -2.41. The van der Waals surface area contributed by atoms with E-state index in [-0.39, 0.29) is 5.91 Å². The van der Waals surface area contributed by atoms with Crippen molar-refractivity contribution in [2.45, 2.75) is 30.3 Å². The summed E-state index contributed by atoms with van der Waals surface area (Å²) in [6.07, 6.45) is 2.12. The summed E-state index contributed by atoms with van der Waals surface area (Å²) in [5.74, 6) is 0.569. The zero-order valence-corrected chi connectivity index (χ0v) is 15.5.